The number of fused-ring (bicyclic) bond motifs is 1. The summed E-state index contributed by atoms with van der Waals surface area (Å²) in [5.41, 5.74) is 1.06. The molecule has 0 N–H and O–H groups in total. The highest BCUT2D eigenvalue weighted by Gasteiger charge is 2.25. The molecule has 30 heavy (non-hydrogen) atoms. The molecule has 0 unspecified atom stereocenters. The van der Waals surface area contributed by atoms with Crippen LogP contribution >= 0.6 is 0 Å². The minimum atomic E-state index is -0.160. The van der Waals surface area contributed by atoms with Gasteiger partial charge in [-0.1, -0.05) is 6.07 Å². The van der Waals surface area contributed by atoms with Crippen LogP contribution in [0.4, 0.5) is 11.5 Å². The smallest absolute Gasteiger partial charge is 0.264 e. The van der Waals surface area contributed by atoms with Crippen LogP contribution in [0, 0.1) is 0 Å². The molecule has 4 rings (SSSR count). The Hall–Kier alpha value is -3.42. The lowest BCUT2D eigenvalue weighted by molar-refractivity contribution is -0.131. The monoisotopic (exact) mass is 408 g/mol. The average molecular weight is 408 g/mol. The molecule has 156 valence electrons. The molecule has 0 aliphatic carbocycles. The lowest BCUT2D eigenvalue weighted by Gasteiger charge is -2.35. The number of piperazine rings is 1. The third kappa shape index (κ3) is 4.12. The van der Waals surface area contributed by atoms with Crippen LogP contribution in [0.1, 0.15) is 23.2 Å². The molecule has 1 fully saturated rings. The molecule has 8 nitrogen and oxygen atoms in total. The van der Waals surface area contributed by atoms with Crippen molar-refractivity contribution < 1.29 is 19.1 Å². The molecule has 1 aromatic heterocycles. The SMILES string of the molecule is CN1C(=O)COc2ccc(C(=O)CCC(=O)N3CCN(c4ccccn4)CC3)cc21. The fraction of sp³-hybridized carbons (Fsp3) is 0.364. The van der Waals surface area contributed by atoms with E-state index in [9.17, 15) is 14.4 Å². The van der Waals surface area contributed by atoms with Gasteiger partial charge in [0.2, 0.25) is 5.91 Å². The highest BCUT2D eigenvalue weighted by molar-refractivity contribution is 6.02. The molecule has 1 aromatic carbocycles. The van der Waals surface area contributed by atoms with Gasteiger partial charge in [0, 0.05) is 57.8 Å². The van der Waals surface area contributed by atoms with E-state index < -0.39 is 0 Å². The van der Waals surface area contributed by atoms with Crippen molar-refractivity contribution in [3.8, 4) is 5.75 Å². The molecule has 2 amide bonds. The molecular formula is C22H24N4O4. The normalized spacial score (nSPS) is 16.2. The maximum Gasteiger partial charge on any atom is 0.264 e. The molecule has 0 atom stereocenters. The second-order valence-corrected chi connectivity index (χ2v) is 7.40. The van der Waals surface area contributed by atoms with Crippen LogP contribution in [0.25, 0.3) is 0 Å². The van der Waals surface area contributed by atoms with Crippen molar-refractivity contribution in [2.75, 3.05) is 49.6 Å². The van der Waals surface area contributed by atoms with E-state index in [2.05, 4.69) is 9.88 Å². The zero-order chi connectivity index (χ0) is 21.1. The van der Waals surface area contributed by atoms with Crippen molar-refractivity contribution in [1.82, 2.24) is 9.88 Å². The Morgan fingerprint density at radius 1 is 1.07 bits per heavy atom. The van der Waals surface area contributed by atoms with Crippen LogP contribution in [-0.4, -0.2) is 67.3 Å². The number of carbonyl (C=O) groups excluding carboxylic acids is 3. The number of likely N-dealkylation sites (N-methyl/N-ethyl adjacent to an activating group) is 1. The number of Topliss-reactive ketones (excluding diaryl/α,β-unsaturated/α-hetero) is 1. The maximum atomic E-state index is 12.6. The van der Waals surface area contributed by atoms with Crippen molar-refractivity contribution in [2.24, 2.45) is 0 Å². The molecule has 2 aromatic rings. The van der Waals surface area contributed by atoms with Crippen LogP contribution in [0.5, 0.6) is 5.75 Å². The number of hydrogen-bond donors (Lipinski definition) is 0. The van der Waals surface area contributed by atoms with E-state index in [1.807, 2.05) is 18.2 Å². The Bertz CT molecular complexity index is 955. The number of amides is 2. The van der Waals surface area contributed by atoms with Crippen LogP contribution in [0.3, 0.4) is 0 Å². The lowest BCUT2D eigenvalue weighted by atomic mass is 10.0. The van der Waals surface area contributed by atoms with Gasteiger partial charge in [-0.15, -0.1) is 0 Å². The second-order valence-electron chi connectivity index (χ2n) is 7.40. The van der Waals surface area contributed by atoms with Crippen molar-refractivity contribution in [3.05, 3.63) is 48.2 Å². The molecule has 2 aliphatic heterocycles. The number of ketones is 1. The first-order chi connectivity index (χ1) is 14.5. The van der Waals surface area contributed by atoms with Crippen molar-refractivity contribution >= 4 is 29.1 Å². The van der Waals surface area contributed by atoms with E-state index in [1.54, 1.807) is 36.3 Å². The van der Waals surface area contributed by atoms with Crippen molar-refractivity contribution in [1.29, 1.82) is 0 Å². The molecule has 0 saturated carbocycles. The highest BCUT2D eigenvalue weighted by atomic mass is 16.5. The zero-order valence-corrected chi connectivity index (χ0v) is 16.9. The Balaban J connectivity index is 1.30. The van der Waals surface area contributed by atoms with Crippen LogP contribution in [-0.2, 0) is 9.59 Å². The van der Waals surface area contributed by atoms with Gasteiger partial charge >= 0.3 is 0 Å². The van der Waals surface area contributed by atoms with Crippen molar-refractivity contribution in [3.63, 3.8) is 0 Å². The lowest BCUT2D eigenvalue weighted by Crippen LogP contribution is -2.49. The number of anilines is 2. The Kier molecular flexibility index (Phi) is 5.65. The van der Waals surface area contributed by atoms with Gasteiger partial charge in [0.1, 0.15) is 11.6 Å². The van der Waals surface area contributed by atoms with Gasteiger partial charge in [0.25, 0.3) is 5.91 Å². The molecule has 0 spiro atoms. The number of pyridine rings is 1. The van der Waals surface area contributed by atoms with Crippen molar-refractivity contribution in [2.45, 2.75) is 12.8 Å². The molecule has 2 aliphatic rings. The summed E-state index contributed by atoms with van der Waals surface area (Å²) in [6.45, 7) is 2.68. The summed E-state index contributed by atoms with van der Waals surface area (Å²) in [5.74, 6) is 1.20. The van der Waals surface area contributed by atoms with E-state index in [-0.39, 0.29) is 37.0 Å². The van der Waals surface area contributed by atoms with E-state index in [0.29, 0.717) is 30.1 Å². The fourth-order valence-corrected chi connectivity index (χ4v) is 3.69. The zero-order valence-electron chi connectivity index (χ0n) is 16.9. The average Bonchev–Trinajstić information content (AvgIpc) is 2.80. The minimum absolute atomic E-state index is 0.00110. The number of benzene rings is 1. The van der Waals surface area contributed by atoms with E-state index in [4.69, 9.17) is 4.74 Å². The van der Waals surface area contributed by atoms with Gasteiger partial charge in [-0.3, -0.25) is 14.4 Å². The number of aromatic nitrogens is 1. The number of hydrogen-bond acceptors (Lipinski definition) is 6. The molecule has 0 radical (unpaired) electrons. The van der Waals surface area contributed by atoms with Gasteiger partial charge in [-0.05, 0) is 30.3 Å². The van der Waals surface area contributed by atoms with Gasteiger partial charge in [-0.25, -0.2) is 4.98 Å². The maximum absolute atomic E-state index is 12.6. The topological polar surface area (TPSA) is 83.0 Å². The Labute approximate surface area is 175 Å². The molecule has 3 heterocycles. The van der Waals surface area contributed by atoms with Gasteiger partial charge in [-0.2, -0.15) is 0 Å². The standard InChI is InChI=1S/C22H24N4O4/c1-24-17-14-16(5-7-19(17)30-15-22(24)29)18(27)6-8-21(28)26-12-10-25(11-13-26)20-4-2-3-9-23-20/h2-5,7,9,14H,6,8,10-13,15H2,1H3. The summed E-state index contributed by atoms with van der Waals surface area (Å²) in [7, 11) is 1.66. The summed E-state index contributed by atoms with van der Waals surface area (Å²) in [6, 6.07) is 10.8. The number of rotatable bonds is 5. The fourth-order valence-electron chi connectivity index (χ4n) is 3.69. The molecule has 1 saturated heterocycles. The highest BCUT2D eigenvalue weighted by Crippen LogP contribution is 2.32. The van der Waals surface area contributed by atoms with Gasteiger partial charge in [0.15, 0.2) is 12.4 Å². The van der Waals surface area contributed by atoms with E-state index in [0.717, 1.165) is 18.9 Å². The first-order valence-corrected chi connectivity index (χ1v) is 10.0. The largest absolute Gasteiger partial charge is 0.482 e. The third-order valence-corrected chi connectivity index (χ3v) is 5.54. The first kappa shape index (κ1) is 19.9. The predicted molar refractivity (Wildman–Crippen MR) is 112 cm³/mol. The third-order valence-electron chi connectivity index (χ3n) is 5.54. The van der Waals surface area contributed by atoms with Crippen LogP contribution in [0.2, 0.25) is 0 Å². The van der Waals surface area contributed by atoms with Gasteiger partial charge < -0.3 is 19.4 Å². The number of nitrogens with zero attached hydrogens (tertiary/aromatic N) is 4. The first-order valence-electron chi connectivity index (χ1n) is 10.0. The quantitative estimate of drug-likeness (QED) is 0.701. The minimum Gasteiger partial charge on any atom is -0.482 e. The van der Waals surface area contributed by atoms with E-state index >= 15 is 0 Å². The Morgan fingerprint density at radius 2 is 1.87 bits per heavy atom. The summed E-state index contributed by atoms with van der Waals surface area (Å²) >= 11 is 0. The van der Waals surface area contributed by atoms with Crippen LogP contribution in [0.15, 0.2) is 42.6 Å². The summed E-state index contributed by atoms with van der Waals surface area (Å²) in [6.07, 6.45) is 2.07. The van der Waals surface area contributed by atoms with E-state index in [1.165, 1.54) is 4.90 Å². The summed E-state index contributed by atoms with van der Waals surface area (Å²) in [5, 5.41) is 0. The second kappa shape index (κ2) is 8.52. The Morgan fingerprint density at radius 3 is 2.60 bits per heavy atom. The number of ether oxygens (including phenoxy) is 1. The number of carbonyl (C=O) groups is 3. The van der Waals surface area contributed by atoms with Gasteiger partial charge in [0.05, 0.1) is 5.69 Å². The molecular weight excluding hydrogens is 384 g/mol. The molecule has 0 bridgehead atoms. The predicted octanol–water partition coefficient (Wildman–Crippen LogP) is 1.75. The summed E-state index contributed by atoms with van der Waals surface area (Å²) in [4.78, 5) is 46.8. The molecule has 8 heteroatoms. The van der Waals surface area contributed by atoms with Crippen LogP contribution < -0.4 is 14.5 Å². The summed E-state index contributed by atoms with van der Waals surface area (Å²) < 4.78 is 5.39.